The summed E-state index contributed by atoms with van der Waals surface area (Å²) in [6.45, 7) is 6.06. The fourth-order valence-electron chi connectivity index (χ4n) is 2.53. The van der Waals surface area contributed by atoms with Gasteiger partial charge in [-0.3, -0.25) is 4.79 Å². The number of rotatable bonds is 4. The topological polar surface area (TPSA) is 55.6 Å². The first-order valence-electron chi connectivity index (χ1n) is 7.30. The minimum atomic E-state index is -0.0229. The first-order valence-corrected chi connectivity index (χ1v) is 7.68. The van der Waals surface area contributed by atoms with E-state index in [-0.39, 0.29) is 29.8 Å². The molecule has 1 saturated heterocycles. The first kappa shape index (κ1) is 19.1. The average Bonchev–Trinajstić information content (AvgIpc) is 2.44. The average molecular weight is 347 g/mol. The molecule has 0 radical (unpaired) electrons. The van der Waals surface area contributed by atoms with Gasteiger partial charge in [0.15, 0.2) is 0 Å². The minimum absolute atomic E-state index is 0. The number of nitrogens with two attached hydrogens (primary N) is 1. The molecule has 124 valence electrons. The van der Waals surface area contributed by atoms with Gasteiger partial charge in [0, 0.05) is 24.2 Å². The van der Waals surface area contributed by atoms with Gasteiger partial charge >= 0.3 is 0 Å². The van der Waals surface area contributed by atoms with Crippen molar-refractivity contribution in [3.05, 3.63) is 29.3 Å². The van der Waals surface area contributed by atoms with Crippen molar-refractivity contribution in [2.45, 2.75) is 32.7 Å². The lowest BCUT2D eigenvalue weighted by Crippen LogP contribution is -2.54. The Morgan fingerprint density at radius 2 is 2.05 bits per heavy atom. The zero-order valence-electron chi connectivity index (χ0n) is 13.0. The van der Waals surface area contributed by atoms with E-state index in [4.69, 9.17) is 22.1 Å². The Balaban J connectivity index is 0.00000242. The van der Waals surface area contributed by atoms with E-state index >= 15 is 0 Å². The molecule has 1 aliphatic heterocycles. The number of hydrogen-bond donors (Lipinski definition) is 1. The van der Waals surface area contributed by atoms with Crippen LogP contribution in [-0.4, -0.2) is 36.5 Å². The third-order valence-electron chi connectivity index (χ3n) is 4.06. The number of carbonyl (C=O) groups excluding carboxylic acids is 1. The zero-order chi connectivity index (χ0) is 15.5. The lowest BCUT2D eigenvalue weighted by molar-refractivity contribution is -0.135. The molecule has 0 bridgehead atoms. The van der Waals surface area contributed by atoms with Gasteiger partial charge < -0.3 is 15.4 Å². The van der Waals surface area contributed by atoms with Crippen LogP contribution in [0.15, 0.2) is 24.3 Å². The number of halogens is 2. The van der Waals surface area contributed by atoms with Gasteiger partial charge in [-0.25, -0.2) is 0 Å². The number of nitrogens with zero attached hydrogens (tertiary/aromatic N) is 1. The van der Waals surface area contributed by atoms with Gasteiger partial charge in [-0.15, -0.1) is 12.4 Å². The smallest absolute Gasteiger partial charge is 0.226 e. The van der Waals surface area contributed by atoms with Crippen molar-refractivity contribution in [2.24, 2.45) is 11.1 Å². The molecular formula is C16H24Cl2N2O2. The molecule has 2 N–H and O–H groups in total. The molecule has 1 atom stereocenters. The maximum Gasteiger partial charge on any atom is 0.226 e. The second kappa shape index (κ2) is 8.04. The lowest BCUT2D eigenvalue weighted by Gasteiger charge is -2.42. The van der Waals surface area contributed by atoms with Crippen molar-refractivity contribution >= 4 is 29.9 Å². The number of benzene rings is 1. The molecule has 1 fully saturated rings. The van der Waals surface area contributed by atoms with Crippen molar-refractivity contribution in [3.8, 4) is 5.75 Å². The van der Waals surface area contributed by atoms with Crippen LogP contribution in [0.3, 0.4) is 0 Å². The molecule has 1 heterocycles. The Kier molecular flexibility index (Phi) is 6.98. The molecule has 1 unspecified atom stereocenters. The monoisotopic (exact) mass is 346 g/mol. The van der Waals surface area contributed by atoms with E-state index in [1.54, 1.807) is 24.3 Å². The van der Waals surface area contributed by atoms with E-state index in [2.05, 4.69) is 13.8 Å². The molecule has 0 aromatic heterocycles. The van der Waals surface area contributed by atoms with Crippen LogP contribution in [0, 0.1) is 5.41 Å². The van der Waals surface area contributed by atoms with Gasteiger partial charge in [0.05, 0.1) is 13.0 Å². The second-order valence-electron chi connectivity index (χ2n) is 6.25. The summed E-state index contributed by atoms with van der Waals surface area (Å²) in [5.41, 5.74) is 6.07. The molecule has 1 amide bonds. The highest BCUT2D eigenvalue weighted by molar-refractivity contribution is 6.30. The van der Waals surface area contributed by atoms with Crippen LogP contribution >= 0.6 is 24.0 Å². The van der Waals surface area contributed by atoms with Gasteiger partial charge in [0.25, 0.3) is 0 Å². The number of carbonyl (C=O) groups is 1. The van der Waals surface area contributed by atoms with Crippen molar-refractivity contribution < 1.29 is 9.53 Å². The van der Waals surface area contributed by atoms with Crippen LogP contribution in [-0.2, 0) is 4.79 Å². The second-order valence-corrected chi connectivity index (χ2v) is 6.69. The number of likely N-dealkylation sites (tertiary alicyclic amines) is 1. The Morgan fingerprint density at radius 1 is 1.41 bits per heavy atom. The molecular weight excluding hydrogens is 323 g/mol. The minimum Gasteiger partial charge on any atom is -0.493 e. The highest BCUT2D eigenvalue weighted by atomic mass is 35.5. The fourth-order valence-corrected chi connectivity index (χ4v) is 2.66. The summed E-state index contributed by atoms with van der Waals surface area (Å²) in [4.78, 5) is 14.1. The molecule has 0 aliphatic carbocycles. The maximum atomic E-state index is 12.2. The van der Waals surface area contributed by atoms with Crippen LogP contribution in [0.1, 0.15) is 26.7 Å². The molecule has 0 saturated carbocycles. The van der Waals surface area contributed by atoms with E-state index in [9.17, 15) is 4.79 Å². The molecule has 2 rings (SSSR count). The predicted molar refractivity (Wildman–Crippen MR) is 91.8 cm³/mol. The summed E-state index contributed by atoms with van der Waals surface area (Å²) >= 11 is 5.81. The van der Waals surface area contributed by atoms with Crippen LogP contribution in [0.5, 0.6) is 5.75 Å². The third-order valence-corrected chi connectivity index (χ3v) is 4.32. The Hall–Kier alpha value is -0.970. The molecule has 6 heteroatoms. The molecule has 22 heavy (non-hydrogen) atoms. The van der Waals surface area contributed by atoms with Crippen LogP contribution in [0.25, 0.3) is 0 Å². The molecule has 1 aromatic carbocycles. The summed E-state index contributed by atoms with van der Waals surface area (Å²) < 4.78 is 5.56. The van der Waals surface area contributed by atoms with Gasteiger partial charge in [0.2, 0.25) is 5.91 Å². The van der Waals surface area contributed by atoms with Crippen molar-refractivity contribution in [3.63, 3.8) is 0 Å². The molecule has 0 spiro atoms. The van der Waals surface area contributed by atoms with Crippen molar-refractivity contribution in [1.82, 2.24) is 4.90 Å². The Morgan fingerprint density at radius 3 is 2.64 bits per heavy atom. The van der Waals surface area contributed by atoms with Crippen molar-refractivity contribution in [1.29, 1.82) is 0 Å². The summed E-state index contributed by atoms with van der Waals surface area (Å²) in [5, 5.41) is 0.672. The molecule has 1 aromatic rings. The van der Waals surface area contributed by atoms with E-state index in [0.717, 1.165) is 18.7 Å². The largest absolute Gasteiger partial charge is 0.493 e. The summed E-state index contributed by atoms with van der Waals surface area (Å²) in [6, 6.07) is 7.30. The van der Waals surface area contributed by atoms with E-state index < -0.39 is 0 Å². The Bertz CT molecular complexity index is 491. The van der Waals surface area contributed by atoms with E-state index in [1.807, 2.05) is 4.90 Å². The first-order chi connectivity index (χ1) is 9.88. The number of ether oxygens (including phenoxy) is 1. The SMILES string of the molecule is CC1(C)CN(C(=O)CCOc2ccc(Cl)cc2)CCC1N.Cl. The summed E-state index contributed by atoms with van der Waals surface area (Å²) in [7, 11) is 0. The van der Waals surface area contributed by atoms with Gasteiger partial charge in [0.1, 0.15) is 5.75 Å². The number of amides is 1. The highest BCUT2D eigenvalue weighted by Gasteiger charge is 2.35. The summed E-state index contributed by atoms with van der Waals surface area (Å²) in [5.74, 6) is 0.858. The van der Waals surface area contributed by atoms with Crippen LogP contribution < -0.4 is 10.5 Å². The van der Waals surface area contributed by atoms with Gasteiger partial charge in [-0.05, 0) is 36.1 Å². The van der Waals surface area contributed by atoms with E-state index in [1.165, 1.54) is 0 Å². The predicted octanol–water partition coefficient (Wildman–Crippen LogP) is 3.12. The molecule has 1 aliphatic rings. The summed E-state index contributed by atoms with van der Waals surface area (Å²) in [6.07, 6.45) is 1.24. The van der Waals surface area contributed by atoms with Crippen molar-refractivity contribution in [2.75, 3.05) is 19.7 Å². The fraction of sp³-hybridized carbons (Fsp3) is 0.562. The standard InChI is InChI=1S/C16H23ClN2O2.ClH/c1-16(2)11-19(9-7-14(16)18)15(20)8-10-21-13-5-3-12(17)4-6-13;/h3-6,14H,7-11,18H2,1-2H3;1H. The number of piperidine rings is 1. The quantitative estimate of drug-likeness (QED) is 0.911. The number of hydrogen-bond acceptors (Lipinski definition) is 3. The maximum absolute atomic E-state index is 12.2. The lowest BCUT2D eigenvalue weighted by atomic mass is 9.79. The van der Waals surface area contributed by atoms with Gasteiger partial charge in [-0.1, -0.05) is 25.4 Å². The normalized spacial score (nSPS) is 20.2. The van der Waals surface area contributed by atoms with Gasteiger partial charge in [-0.2, -0.15) is 0 Å². The van der Waals surface area contributed by atoms with Crippen LogP contribution in [0.2, 0.25) is 5.02 Å². The van der Waals surface area contributed by atoms with E-state index in [0.29, 0.717) is 24.6 Å². The third kappa shape index (κ3) is 5.04. The molecule has 4 nitrogen and oxygen atoms in total. The Labute approximate surface area is 143 Å². The highest BCUT2D eigenvalue weighted by Crippen LogP contribution is 2.28. The zero-order valence-corrected chi connectivity index (χ0v) is 14.6. The van der Waals surface area contributed by atoms with Crippen LogP contribution in [0.4, 0.5) is 0 Å².